The Morgan fingerprint density at radius 3 is 2.33 bits per heavy atom. The Balaban J connectivity index is 2.68. The normalized spacial score (nSPS) is 11.4. The second kappa shape index (κ2) is 6.23. The van der Waals surface area contributed by atoms with Crippen LogP contribution in [0.2, 0.25) is 0 Å². The summed E-state index contributed by atoms with van der Waals surface area (Å²) in [5, 5.41) is 17.8. The number of hydrogen-bond donors (Lipinski definition) is 2. The lowest BCUT2D eigenvalue weighted by molar-refractivity contribution is 0.277. The molecule has 21 heavy (non-hydrogen) atoms. The molecule has 0 aliphatic heterocycles. The third-order valence-corrected chi connectivity index (χ3v) is 3.55. The molecule has 0 unspecified atom stereocenters. The minimum Gasteiger partial charge on any atom is -0.396 e. The predicted octanol–water partition coefficient (Wildman–Crippen LogP) is -1.26. The second-order valence-corrected chi connectivity index (χ2v) is 4.96. The van der Waals surface area contributed by atoms with Crippen LogP contribution in [0.25, 0.3) is 11.2 Å². The lowest BCUT2D eigenvalue weighted by Gasteiger charge is -2.07. The number of rotatable bonds is 6. The molecule has 0 fully saturated rings. The van der Waals surface area contributed by atoms with Gasteiger partial charge in [0.1, 0.15) is 5.82 Å². The van der Waals surface area contributed by atoms with Gasteiger partial charge in [0, 0.05) is 40.3 Å². The molecule has 0 radical (unpaired) electrons. The van der Waals surface area contributed by atoms with Crippen molar-refractivity contribution in [1.29, 1.82) is 0 Å². The number of hydrogen-bond acceptors (Lipinski definition) is 5. The van der Waals surface area contributed by atoms with Crippen molar-refractivity contribution >= 4 is 11.2 Å². The maximum Gasteiger partial charge on any atom is 0.332 e. The van der Waals surface area contributed by atoms with Crippen molar-refractivity contribution < 1.29 is 10.2 Å². The first-order valence-corrected chi connectivity index (χ1v) is 6.89. The first-order chi connectivity index (χ1) is 10.0. The lowest BCUT2D eigenvalue weighted by atomic mass is 10.3. The van der Waals surface area contributed by atoms with E-state index >= 15 is 0 Å². The molecule has 0 aromatic carbocycles. The van der Waals surface area contributed by atoms with Crippen LogP contribution >= 0.6 is 0 Å². The number of aromatic nitrogens is 4. The van der Waals surface area contributed by atoms with Crippen molar-refractivity contribution in [2.75, 3.05) is 13.2 Å². The van der Waals surface area contributed by atoms with Gasteiger partial charge in [0.25, 0.3) is 5.56 Å². The summed E-state index contributed by atoms with van der Waals surface area (Å²) in [6.45, 7) is 0.138. The van der Waals surface area contributed by atoms with Crippen LogP contribution in [0, 0.1) is 0 Å². The van der Waals surface area contributed by atoms with E-state index in [2.05, 4.69) is 4.98 Å². The van der Waals surface area contributed by atoms with Gasteiger partial charge >= 0.3 is 5.69 Å². The van der Waals surface area contributed by atoms with Crippen molar-refractivity contribution in [3.8, 4) is 0 Å². The molecule has 2 N–H and O–H groups in total. The standard InChI is InChI=1S/C13H20N4O4/c1-15-9(5-3-7-18)14-11-10(15)12(20)17(6-4-8-19)13(21)16(11)2/h18-19H,3-8H2,1-2H3. The number of imidazole rings is 1. The van der Waals surface area contributed by atoms with Gasteiger partial charge in [-0.05, 0) is 12.8 Å². The fraction of sp³-hybridized carbons (Fsp3) is 0.615. The number of nitrogens with zero attached hydrogens (tertiary/aromatic N) is 4. The molecular weight excluding hydrogens is 276 g/mol. The summed E-state index contributed by atoms with van der Waals surface area (Å²) >= 11 is 0. The molecule has 8 nitrogen and oxygen atoms in total. The molecular formula is C13H20N4O4. The highest BCUT2D eigenvalue weighted by Gasteiger charge is 2.17. The molecule has 116 valence electrons. The van der Waals surface area contributed by atoms with Gasteiger partial charge in [-0.3, -0.25) is 13.9 Å². The van der Waals surface area contributed by atoms with Gasteiger partial charge in [-0.25, -0.2) is 9.78 Å². The highest BCUT2D eigenvalue weighted by Crippen LogP contribution is 2.10. The molecule has 0 saturated carbocycles. The zero-order valence-electron chi connectivity index (χ0n) is 12.2. The summed E-state index contributed by atoms with van der Waals surface area (Å²) in [5.74, 6) is 0.658. The molecule has 2 heterocycles. The first kappa shape index (κ1) is 15.5. The van der Waals surface area contributed by atoms with Gasteiger partial charge in [0.15, 0.2) is 11.2 Å². The van der Waals surface area contributed by atoms with E-state index in [-0.39, 0.29) is 19.8 Å². The Labute approximate surface area is 120 Å². The maximum atomic E-state index is 12.5. The van der Waals surface area contributed by atoms with E-state index in [9.17, 15) is 9.59 Å². The molecule has 2 rings (SSSR count). The van der Waals surface area contributed by atoms with Crippen LogP contribution in [0.4, 0.5) is 0 Å². The van der Waals surface area contributed by atoms with Crippen LogP contribution in [-0.4, -0.2) is 42.1 Å². The number of aryl methyl sites for hydroxylation is 3. The van der Waals surface area contributed by atoms with Crippen molar-refractivity contribution in [3.05, 3.63) is 26.7 Å². The van der Waals surface area contributed by atoms with Crippen LogP contribution < -0.4 is 11.2 Å². The van der Waals surface area contributed by atoms with Crippen molar-refractivity contribution in [2.24, 2.45) is 14.1 Å². The van der Waals surface area contributed by atoms with Crippen LogP contribution in [0.15, 0.2) is 9.59 Å². The van der Waals surface area contributed by atoms with Crippen LogP contribution in [0.1, 0.15) is 18.7 Å². The molecule has 0 amide bonds. The maximum absolute atomic E-state index is 12.5. The van der Waals surface area contributed by atoms with E-state index in [0.29, 0.717) is 36.3 Å². The summed E-state index contributed by atoms with van der Waals surface area (Å²) in [4.78, 5) is 29.0. The van der Waals surface area contributed by atoms with Gasteiger partial charge in [-0.1, -0.05) is 0 Å². The number of fused-ring (bicyclic) bond motifs is 1. The molecule has 0 spiro atoms. The van der Waals surface area contributed by atoms with Gasteiger partial charge in [0.2, 0.25) is 0 Å². The Morgan fingerprint density at radius 1 is 1.05 bits per heavy atom. The van der Waals surface area contributed by atoms with Gasteiger partial charge < -0.3 is 14.8 Å². The Kier molecular flexibility index (Phi) is 4.59. The van der Waals surface area contributed by atoms with E-state index in [1.807, 2.05) is 0 Å². The summed E-state index contributed by atoms with van der Waals surface area (Å²) in [7, 11) is 3.30. The predicted molar refractivity (Wildman–Crippen MR) is 77.3 cm³/mol. The minimum absolute atomic E-state index is 0.0445. The smallest absolute Gasteiger partial charge is 0.332 e. The van der Waals surface area contributed by atoms with Crippen molar-refractivity contribution in [3.63, 3.8) is 0 Å². The summed E-state index contributed by atoms with van der Waals surface area (Å²) in [5.41, 5.74) is -0.122. The SMILES string of the molecule is Cn1c(CCCO)nc2c1c(=O)n(CCCO)c(=O)n2C. The number of aliphatic hydroxyl groups is 2. The highest BCUT2D eigenvalue weighted by atomic mass is 16.3. The van der Waals surface area contributed by atoms with E-state index < -0.39 is 11.2 Å². The third-order valence-electron chi connectivity index (χ3n) is 3.55. The average molecular weight is 296 g/mol. The molecule has 0 atom stereocenters. The molecule has 2 aromatic rings. The van der Waals surface area contributed by atoms with Gasteiger partial charge in [-0.2, -0.15) is 0 Å². The zero-order chi connectivity index (χ0) is 15.6. The molecule has 0 aliphatic rings. The zero-order valence-corrected chi connectivity index (χ0v) is 12.2. The van der Waals surface area contributed by atoms with Crippen molar-refractivity contribution in [2.45, 2.75) is 25.8 Å². The Hall–Kier alpha value is -1.93. The summed E-state index contributed by atoms with van der Waals surface area (Å²) in [6, 6.07) is 0. The monoisotopic (exact) mass is 296 g/mol. The third kappa shape index (κ3) is 2.64. The molecule has 8 heteroatoms. The molecule has 0 bridgehead atoms. The summed E-state index contributed by atoms with van der Waals surface area (Å²) < 4.78 is 4.13. The first-order valence-electron chi connectivity index (χ1n) is 6.89. The lowest BCUT2D eigenvalue weighted by Crippen LogP contribution is -2.39. The van der Waals surface area contributed by atoms with E-state index in [1.54, 1.807) is 18.7 Å². The Morgan fingerprint density at radius 2 is 1.71 bits per heavy atom. The van der Waals surface area contributed by atoms with E-state index in [1.165, 1.54) is 4.57 Å². The van der Waals surface area contributed by atoms with Crippen molar-refractivity contribution in [1.82, 2.24) is 18.7 Å². The topological polar surface area (TPSA) is 102 Å². The quantitative estimate of drug-likeness (QED) is 0.693. The van der Waals surface area contributed by atoms with Gasteiger partial charge in [0.05, 0.1) is 0 Å². The Bertz CT molecular complexity index is 756. The average Bonchev–Trinajstić information content (AvgIpc) is 2.80. The van der Waals surface area contributed by atoms with E-state index in [4.69, 9.17) is 10.2 Å². The molecule has 0 aliphatic carbocycles. The molecule has 2 aromatic heterocycles. The minimum atomic E-state index is -0.437. The highest BCUT2D eigenvalue weighted by molar-refractivity contribution is 5.70. The fourth-order valence-electron chi connectivity index (χ4n) is 2.38. The van der Waals surface area contributed by atoms with Crippen LogP contribution in [0.3, 0.4) is 0 Å². The fourth-order valence-corrected chi connectivity index (χ4v) is 2.38. The van der Waals surface area contributed by atoms with Crippen LogP contribution in [0.5, 0.6) is 0 Å². The number of aliphatic hydroxyl groups excluding tert-OH is 2. The molecule has 0 saturated heterocycles. The van der Waals surface area contributed by atoms with Gasteiger partial charge in [-0.15, -0.1) is 0 Å². The largest absolute Gasteiger partial charge is 0.396 e. The second-order valence-electron chi connectivity index (χ2n) is 4.96. The summed E-state index contributed by atoms with van der Waals surface area (Å²) in [6.07, 6.45) is 1.42. The van der Waals surface area contributed by atoms with Crippen LogP contribution in [-0.2, 0) is 27.1 Å². The van der Waals surface area contributed by atoms with E-state index in [0.717, 1.165) is 4.57 Å².